The zero-order valence-electron chi connectivity index (χ0n) is 17.6. The zero-order chi connectivity index (χ0) is 21.6. The monoisotopic (exact) mass is 412 g/mol. The van der Waals surface area contributed by atoms with Crippen LogP contribution in [0, 0.1) is 5.92 Å². The number of nitrogen functional groups attached to an aromatic ring is 1. The smallest absolute Gasteiger partial charge is 0.255 e. The molecule has 1 aliphatic carbocycles. The van der Waals surface area contributed by atoms with Crippen LogP contribution < -0.4 is 11.1 Å². The maximum atomic E-state index is 12.7. The van der Waals surface area contributed by atoms with Crippen LogP contribution in [0.15, 0.2) is 72.8 Å². The fourth-order valence-corrected chi connectivity index (χ4v) is 4.21. The van der Waals surface area contributed by atoms with Gasteiger partial charge in [0.05, 0.1) is 11.4 Å². The van der Waals surface area contributed by atoms with Gasteiger partial charge in [-0.15, -0.1) is 0 Å². The molecule has 158 valence electrons. The molecule has 1 saturated carbocycles. The van der Waals surface area contributed by atoms with E-state index >= 15 is 0 Å². The first-order valence-corrected chi connectivity index (χ1v) is 11.0. The van der Waals surface area contributed by atoms with Crippen LogP contribution in [0.4, 0.5) is 11.4 Å². The Morgan fingerprint density at radius 3 is 2.29 bits per heavy atom. The number of Topliss-reactive ketones (excluding diaryl/α,β-unsaturated/α-hetero) is 1. The van der Waals surface area contributed by atoms with Crippen LogP contribution in [0.3, 0.4) is 0 Å². The molecule has 0 saturated heterocycles. The summed E-state index contributed by atoms with van der Waals surface area (Å²) < 4.78 is 0. The molecule has 1 amide bonds. The molecule has 0 bridgehead atoms. The molecule has 0 unspecified atom stereocenters. The Hall–Kier alpha value is -3.40. The first-order valence-electron chi connectivity index (χ1n) is 11.0. The number of aryl methyl sites for hydroxylation is 1. The van der Waals surface area contributed by atoms with E-state index in [0.29, 0.717) is 29.1 Å². The molecule has 4 rings (SSSR count). The summed E-state index contributed by atoms with van der Waals surface area (Å²) in [6, 6.07) is 23.1. The second kappa shape index (κ2) is 9.61. The van der Waals surface area contributed by atoms with Gasteiger partial charge in [0.2, 0.25) is 0 Å². The van der Waals surface area contributed by atoms with Crippen molar-refractivity contribution < 1.29 is 9.59 Å². The van der Waals surface area contributed by atoms with Gasteiger partial charge in [-0.1, -0.05) is 61.4 Å². The fraction of sp³-hybridized carbons (Fsp3) is 0.259. The largest absolute Gasteiger partial charge is 0.397 e. The molecule has 0 atom stereocenters. The Morgan fingerprint density at radius 1 is 0.871 bits per heavy atom. The Kier molecular flexibility index (Phi) is 6.46. The number of benzene rings is 3. The molecule has 1 fully saturated rings. The third-order valence-electron chi connectivity index (χ3n) is 6.10. The maximum absolute atomic E-state index is 12.7. The zero-order valence-corrected chi connectivity index (χ0v) is 17.6. The SMILES string of the molecule is Nc1ccc(-c2ccccc2)cc1NC(=O)c1ccc(CCC(=O)C2CCCC2)cc1. The van der Waals surface area contributed by atoms with Gasteiger partial charge in [0.15, 0.2) is 0 Å². The minimum absolute atomic E-state index is 0.203. The number of rotatable bonds is 7. The molecule has 0 heterocycles. The van der Waals surface area contributed by atoms with Crippen LogP contribution in [0.25, 0.3) is 11.1 Å². The average molecular weight is 413 g/mol. The fourth-order valence-electron chi connectivity index (χ4n) is 4.21. The summed E-state index contributed by atoms with van der Waals surface area (Å²) in [5.41, 5.74) is 10.9. The molecule has 3 aromatic rings. The van der Waals surface area contributed by atoms with Gasteiger partial charge in [-0.05, 0) is 60.2 Å². The average Bonchev–Trinajstić information content (AvgIpc) is 3.35. The van der Waals surface area contributed by atoms with Crippen molar-refractivity contribution in [1.82, 2.24) is 0 Å². The number of amides is 1. The number of hydrogen-bond donors (Lipinski definition) is 2. The summed E-state index contributed by atoms with van der Waals surface area (Å²) in [7, 11) is 0. The summed E-state index contributed by atoms with van der Waals surface area (Å²) in [5.74, 6) is 0.445. The molecule has 4 heteroatoms. The van der Waals surface area contributed by atoms with Gasteiger partial charge in [0.25, 0.3) is 5.91 Å². The molecular formula is C27H28N2O2. The van der Waals surface area contributed by atoms with E-state index < -0.39 is 0 Å². The number of nitrogens with two attached hydrogens (primary N) is 1. The third kappa shape index (κ3) is 5.21. The van der Waals surface area contributed by atoms with Crippen molar-refractivity contribution in [3.63, 3.8) is 0 Å². The summed E-state index contributed by atoms with van der Waals surface area (Å²) in [4.78, 5) is 25.0. The van der Waals surface area contributed by atoms with Gasteiger partial charge >= 0.3 is 0 Å². The van der Waals surface area contributed by atoms with E-state index in [2.05, 4.69) is 5.32 Å². The number of carbonyl (C=O) groups excluding carboxylic acids is 2. The van der Waals surface area contributed by atoms with Crippen molar-refractivity contribution in [2.24, 2.45) is 5.92 Å². The lowest BCUT2D eigenvalue weighted by Crippen LogP contribution is -2.13. The number of nitrogens with one attached hydrogen (secondary N) is 1. The second-order valence-corrected chi connectivity index (χ2v) is 8.27. The van der Waals surface area contributed by atoms with Gasteiger partial charge in [0, 0.05) is 17.9 Å². The number of carbonyl (C=O) groups is 2. The molecule has 0 radical (unpaired) electrons. The predicted molar refractivity (Wildman–Crippen MR) is 126 cm³/mol. The van der Waals surface area contributed by atoms with Crippen LogP contribution in [-0.4, -0.2) is 11.7 Å². The van der Waals surface area contributed by atoms with Crippen molar-refractivity contribution in [3.8, 4) is 11.1 Å². The van der Waals surface area contributed by atoms with E-state index in [9.17, 15) is 9.59 Å². The number of ketones is 1. The van der Waals surface area contributed by atoms with E-state index in [0.717, 1.165) is 36.0 Å². The Morgan fingerprint density at radius 2 is 1.58 bits per heavy atom. The van der Waals surface area contributed by atoms with Crippen LogP contribution in [0.2, 0.25) is 0 Å². The van der Waals surface area contributed by atoms with Crippen LogP contribution in [-0.2, 0) is 11.2 Å². The lowest BCUT2D eigenvalue weighted by atomic mass is 9.96. The lowest BCUT2D eigenvalue weighted by molar-refractivity contribution is -0.122. The topological polar surface area (TPSA) is 72.2 Å². The Bertz CT molecular complexity index is 1050. The molecule has 1 aliphatic rings. The van der Waals surface area contributed by atoms with Crippen LogP contribution in [0.5, 0.6) is 0 Å². The normalized spacial score (nSPS) is 13.8. The van der Waals surface area contributed by atoms with E-state index in [-0.39, 0.29) is 11.8 Å². The first kappa shape index (κ1) is 20.9. The third-order valence-corrected chi connectivity index (χ3v) is 6.10. The molecule has 31 heavy (non-hydrogen) atoms. The lowest BCUT2D eigenvalue weighted by Gasteiger charge is -2.11. The molecule has 0 spiro atoms. The predicted octanol–water partition coefficient (Wildman–Crippen LogP) is 5.88. The standard InChI is InChI=1S/C27H28N2O2/c28-24-16-15-23(20-6-2-1-3-7-20)18-25(24)29-27(31)22-13-10-19(11-14-22)12-17-26(30)21-8-4-5-9-21/h1-3,6-7,10-11,13-16,18,21H,4-5,8-9,12,17,28H2,(H,29,31). The summed E-state index contributed by atoms with van der Waals surface area (Å²) >= 11 is 0. The minimum atomic E-state index is -0.203. The first-order chi connectivity index (χ1) is 15.1. The van der Waals surface area contributed by atoms with Gasteiger partial charge in [-0.3, -0.25) is 9.59 Å². The van der Waals surface area contributed by atoms with Gasteiger partial charge in [-0.25, -0.2) is 0 Å². The Labute approximate surface area is 183 Å². The molecule has 3 aromatic carbocycles. The van der Waals surface area contributed by atoms with Gasteiger partial charge < -0.3 is 11.1 Å². The highest BCUT2D eigenvalue weighted by Crippen LogP contribution is 2.28. The van der Waals surface area contributed by atoms with Crippen molar-refractivity contribution >= 4 is 23.1 Å². The summed E-state index contributed by atoms with van der Waals surface area (Å²) in [6.07, 6.45) is 5.76. The van der Waals surface area contributed by atoms with E-state index in [1.165, 1.54) is 12.8 Å². The second-order valence-electron chi connectivity index (χ2n) is 8.27. The van der Waals surface area contributed by atoms with Crippen molar-refractivity contribution in [3.05, 3.63) is 83.9 Å². The molecule has 0 aromatic heterocycles. The molecule has 0 aliphatic heterocycles. The Balaban J connectivity index is 1.39. The minimum Gasteiger partial charge on any atom is -0.397 e. The van der Waals surface area contributed by atoms with E-state index in [1.54, 1.807) is 0 Å². The van der Waals surface area contributed by atoms with Gasteiger partial charge in [-0.2, -0.15) is 0 Å². The summed E-state index contributed by atoms with van der Waals surface area (Å²) in [6.45, 7) is 0. The van der Waals surface area contributed by atoms with Crippen LogP contribution in [0.1, 0.15) is 48.0 Å². The molecule has 3 N–H and O–H groups in total. The maximum Gasteiger partial charge on any atom is 0.255 e. The van der Waals surface area contributed by atoms with Crippen molar-refractivity contribution in [2.45, 2.75) is 38.5 Å². The number of hydrogen-bond acceptors (Lipinski definition) is 3. The van der Waals surface area contributed by atoms with Crippen molar-refractivity contribution in [2.75, 3.05) is 11.1 Å². The van der Waals surface area contributed by atoms with E-state index in [4.69, 9.17) is 5.73 Å². The van der Waals surface area contributed by atoms with Crippen LogP contribution >= 0.6 is 0 Å². The highest BCUT2D eigenvalue weighted by Gasteiger charge is 2.22. The summed E-state index contributed by atoms with van der Waals surface area (Å²) in [5, 5.41) is 2.93. The van der Waals surface area contributed by atoms with E-state index in [1.807, 2.05) is 72.8 Å². The number of anilines is 2. The van der Waals surface area contributed by atoms with Crippen molar-refractivity contribution in [1.29, 1.82) is 0 Å². The highest BCUT2D eigenvalue weighted by molar-refractivity contribution is 6.06. The molecule has 4 nitrogen and oxygen atoms in total. The quantitative estimate of drug-likeness (QED) is 0.476. The molecular weight excluding hydrogens is 384 g/mol. The van der Waals surface area contributed by atoms with Gasteiger partial charge in [0.1, 0.15) is 5.78 Å². The highest BCUT2D eigenvalue weighted by atomic mass is 16.1.